The molecule has 0 unspecified atom stereocenters. The highest BCUT2D eigenvalue weighted by Gasteiger charge is 2.20. The van der Waals surface area contributed by atoms with Crippen LogP contribution < -0.4 is 9.46 Å². The molecule has 22 heavy (non-hydrogen) atoms. The van der Waals surface area contributed by atoms with Crippen LogP contribution in [0, 0.1) is 19.7 Å². The third-order valence-electron chi connectivity index (χ3n) is 3.37. The lowest BCUT2D eigenvalue weighted by molar-refractivity contribution is 0.411. The van der Waals surface area contributed by atoms with Crippen LogP contribution in [0.2, 0.25) is 5.02 Å². The molecule has 0 bridgehead atoms. The molecule has 0 atom stereocenters. The molecule has 0 saturated heterocycles. The van der Waals surface area contributed by atoms with Gasteiger partial charge in [-0.2, -0.15) is 0 Å². The van der Waals surface area contributed by atoms with Gasteiger partial charge in [0.05, 0.1) is 22.7 Å². The van der Waals surface area contributed by atoms with Crippen LogP contribution in [0.5, 0.6) is 5.75 Å². The van der Waals surface area contributed by atoms with Crippen molar-refractivity contribution in [2.75, 3.05) is 11.8 Å². The normalized spacial score (nSPS) is 11.3. The van der Waals surface area contributed by atoms with Gasteiger partial charge in [0.1, 0.15) is 11.6 Å². The Morgan fingerprint density at radius 1 is 1.14 bits per heavy atom. The first-order valence-electron chi connectivity index (χ1n) is 6.38. The molecular formula is C15H15ClFNO3S. The average Bonchev–Trinajstić information content (AvgIpc) is 2.45. The van der Waals surface area contributed by atoms with Gasteiger partial charge in [0, 0.05) is 0 Å². The maximum absolute atomic E-state index is 13.1. The number of anilines is 1. The number of rotatable bonds is 4. The summed E-state index contributed by atoms with van der Waals surface area (Å²) < 4.78 is 45.7. The Bertz CT molecular complexity index is 822. The summed E-state index contributed by atoms with van der Waals surface area (Å²) in [6, 6.07) is 6.69. The highest BCUT2D eigenvalue weighted by Crippen LogP contribution is 2.28. The lowest BCUT2D eigenvalue weighted by atomic mass is 10.1. The number of halogens is 2. The summed E-state index contributed by atoms with van der Waals surface area (Å²) in [7, 11) is -2.29. The first-order valence-corrected chi connectivity index (χ1v) is 8.24. The number of hydrogen-bond donors (Lipinski definition) is 1. The van der Waals surface area contributed by atoms with Crippen LogP contribution in [0.15, 0.2) is 35.2 Å². The standard InChI is InChI=1S/C15H15ClFNO3S/c1-9-10(2)15(7-6-14(9)21-3)22(19,20)18-11-4-5-13(17)12(16)8-11/h4-8,18H,1-3H3. The predicted octanol–water partition coefficient (Wildman–Crippen LogP) is 3.91. The minimum atomic E-state index is -3.81. The zero-order valence-electron chi connectivity index (χ0n) is 12.3. The van der Waals surface area contributed by atoms with Gasteiger partial charge in [-0.15, -0.1) is 0 Å². The van der Waals surface area contributed by atoms with E-state index in [1.807, 2.05) is 0 Å². The summed E-state index contributed by atoms with van der Waals surface area (Å²) in [5.74, 6) is 0.00219. The zero-order valence-corrected chi connectivity index (χ0v) is 13.8. The van der Waals surface area contributed by atoms with E-state index in [0.717, 1.165) is 11.6 Å². The van der Waals surface area contributed by atoms with Gasteiger partial charge in [0.2, 0.25) is 0 Å². The van der Waals surface area contributed by atoms with E-state index in [1.165, 1.54) is 25.3 Å². The molecule has 2 aromatic carbocycles. The van der Waals surface area contributed by atoms with Gasteiger partial charge in [0.15, 0.2) is 0 Å². The van der Waals surface area contributed by atoms with Gasteiger partial charge in [0.25, 0.3) is 10.0 Å². The first-order chi connectivity index (χ1) is 10.3. The maximum Gasteiger partial charge on any atom is 0.262 e. The van der Waals surface area contributed by atoms with Crippen molar-refractivity contribution in [3.8, 4) is 5.75 Å². The van der Waals surface area contributed by atoms with Crippen molar-refractivity contribution >= 4 is 27.3 Å². The molecule has 0 aliphatic carbocycles. The van der Waals surface area contributed by atoms with E-state index >= 15 is 0 Å². The molecule has 2 aromatic rings. The van der Waals surface area contributed by atoms with E-state index in [0.29, 0.717) is 11.3 Å². The number of sulfonamides is 1. The highest BCUT2D eigenvalue weighted by molar-refractivity contribution is 7.92. The number of nitrogens with one attached hydrogen (secondary N) is 1. The van der Waals surface area contributed by atoms with Gasteiger partial charge < -0.3 is 4.74 Å². The molecule has 0 fully saturated rings. The fourth-order valence-corrected chi connectivity index (χ4v) is 3.58. The average molecular weight is 344 g/mol. The van der Waals surface area contributed by atoms with Gasteiger partial charge >= 0.3 is 0 Å². The Labute approximate surface area is 133 Å². The third kappa shape index (κ3) is 3.18. The van der Waals surface area contributed by atoms with Crippen molar-refractivity contribution in [1.29, 1.82) is 0 Å². The van der Waals surface area contributed by atoms with Crippen molar-refractivity contribution in [1.82, 2.24) is 0 Å². The van der Waals surface area contributed by atoms with Crippen molar-refractivity contribution in [2.45, 2.75) is 18.7 Å². The fraction of sp³-hybridized carbons (Fsp3) is 0.200. The number of benzene rings is 2. The van der Waals surface area contributed by atoms with E-state index in [1.54, 1.807) is 19.9 Å². The number of ether oxygens (including phenoxy) is 1. The second kappa shape index (κ2) is 6.14. The lowest BCUT2D eigenvalue weighted by Gasteiger charge is -2.14. The van der Waals surface area contributed by atoms with Crippen molar-refractivity contribution < 1.29 is 17.5 Å². The molecule has 0 aliphatic rings. The minimum absolute atomic E-state index is 0.131. The summed E-state index contributed by atoms with van der Waals surface area (Å²) in [4.78, 5) is 0.131. The van der Waals surface area contributed by atoms with Crippen molar-refractivity contribution in [2.24, 2.45) is 0 Å². The molecular weight excluding hydrogens is 329 g/mol. The smallest absolute Gasteiger partial charge is 0.262 e. The Hall–Kier alpha value is -1.79. The van der Waals surface area contributed by atoms with Crippen LogP contribution in [0.1, 0.15) is 11.1 Å². The Kier molecular flexibility index (Phi) is 4.63. The molecule has 0 amide bonds. The Morgan fingerprint density at radius 2 is 1.82 bits per heavy atom. The van der Waals surface area contributed by atoms with E-state index in [4.69, 9.17) is 16.3 Å². The fourth-order valence-electron chi connectivity index (χ4n) is 2.05. The van der Waals surface area contributed by atoms with Gasteiger partial charge in [-0.25, -0.2) is 12.8 Å². The molecule has 0 aromatic heterocycles. The molecule has 0 radical (unpaired) electrons. The molecule has 2 rings (SSSR count). The largest absolute Gasteiger partial charge is 0.496 e. The Morgan fingerprint density at radius 3 is 2.41 bits per heavy atom. The second-order valence-corrected chi connectivity index (χ2v) is 6.81. The SMILES string of the molecule is COc1ccc(S(=O)(=O)Nc2ccc(F)c(Cl)c2)c(C)c1C. The van der Waals surface area contributed by atoms with Crippen LogP contribution in [-0.4, -0.2) is 15.5 Å². The molecule has 7 heteroatoms. The molecule has 0 heterocycles. The van der Waals surface area contributed by atoms with E-state index in [-0.39, 0.29) is 15.6 Å². The minimum Gasteiger partial charge on any atom is -0.496 e. The molecule has 0 saturated carbocycles. The van der Waals surface area contributed by atoms with E-state index in [9.17, 15) is 12.8 Å². The number of hydrogen-bond acceptors (Lipinski definition) is 3. The maximum atomic E-state index is 13.1. The quantitative estimate of drug-likeness (QED) is 0.915. The molecule has 0 aliphatic heterocycles. The molecule has 4 nitrogen and oxygen atoms in total. The summed E-state index contributed by atoms with van der Waals surface area (Å²) in [5.41, 5.74) is 1.52. The monoisotopic (exact) mass is 343 g/mol. The van der Waals surface area contributed by atoms with Gasteiger partial charge in [-0.1, -0.05) is 11.6 Å². The predicted molar refractivity (Wildman–Crippen MR) is 84.7 cm³/mol. The van der Waals surface area contributed by atoms with Crippen molar-refractivity contribution in [3.63, 3.8) is 0 Å². The van der Waals surface area contributed by atoms with E-state index < -0.39 is 15.8 Å². The summed E-state index contributed by atoms with van der Waals surface area (Å²) in [6.45, 7) is 3.48. The van der Waals surface area contributed by atoms with Crippen LogP contribution in [0.3, 0.4) is 0 Å². The molecule has 118 valence electrons. The molecule has 0 spiro atoms. The van der Waals surface area contributed by atoms with Crippen LogP contribution in [0.25, 0.3) is 0 Å². The van der Waals surface area contributed by atoms with Gasteiger partial charge in [-0.05, 0) is 55.3 Å². The van der Waals surface area contributed by atoms with Crippen molar-refractivity contribution in [3.05, 3.63) is 52.3 Å². The zero-order chi connectivity index (χ0) is 16.5. The number of methoxy groups -OCH3 is 1. The second-order valence-electron chi connectivity index (χ2n) is 4.75. The van der Waals surface area contributed by atoms with Crippen LogP contribution in [-0.2, 0) is 10.0 Å². The van der Waals surface area contributed by atoms with E-state index in [2.05, 4.69) is 4.72 Å². The first kappa shape index (κ1) is 16.6. The molecule has 1 N–H and O–H groups in total. The topological polar surface area (TPSA) is 55.4 Å². The summed E-state index contributed by atoms with van der Waals surface area (Å²) >= 11 is 5.66. The van der Waals surface area contributed by atoms with Crippen LogP contribution in [0.4, 0.5) is 10.1 Å². The summed E-state index contributed by atoms with van der Waals surface area (Å²) in [6.07, 6.45) is 0. The highest BCUT2D eigenvalue weighted by atomic mass is 35.5. The van der Waals surface area contributed by atoms with Crippen LogP contribution >= 0.6 is 11.6 Å². The Balaban J connectivity index is 2.42. The lowest BCUT2D eigenvalue weighted by Crippen LogP contribution is -2.15. The summed E-state index contributed by atoms with van der Waals surface area (Å²) in [5, 5.41) is -0.150. The van der Waals surface area contributed by atoms with Gasteiger partial charge in [-0.3, -0.25) is 4.72 Å². The third-order valence-corrected chi connectivity index (χ3v) is 5.18.